The van der Waals surface area contributed by atoms with Gasteiger partial charge < -0.3 is 15.8 Å². The highest BCUT2D eigenvalue weighted by molar-refractivity contribution is 6.42. The van der Waals surface area contributed by atoms with E-state index >= 15 is 0 Å². The van der Waals surface area contributed by atoms with Crippen LogP contribution < -0.4 is 11.1 Å². The molecule has 1 amide bonds. The normalized spacial score (nSPS) is 11.4. The quantitative estimate of drug-likeness (QED) is 0.530. The third-order valence-electron chi connectivity index (χ3n) is 3.56. The number of nitrogens with one attached hydrogen (secondary N) is 1. The molecule has 26 heavy (non-hydrogen) atoms. The second-order valence-corrected chi connectivity index (χ2v) is 6.34. The van der Waals surface area contributed by atoms with Crippen molar-refractivity contribution in [2.45, 2.75) is 12.8 Å². The summed E-state index contributed by atoms with van der Waals surface area (Å²) in [7, 11) is 1.61. The molecule has 0 atom stereocenters. The van der Waals surface area contributed by atoms with Gasteiger partial charge in [0.25, 0.3) is 5.91 Å². The molecular formula is C18H20Cl2N4O2. The number of nitrogens with zero attached hydrogens (tertiary/aromatic N) is 2. The van der Waals surface area contributed by atoms with Gasteiger partial charge in [-0.25, -0.2) is 9.97 Å². The lowest BCUT2D eigenvalue weighted by Gasteiger charge is -2.08. The van der Waals surface area contributed by atoms with E-state index in [1.807, 2.05) is 6.07 Å². The lowest BCUT2D eigenvalue weighted by atomic mass is 10.1. The van der Waals surface area contributed by atoms with E-state index in [0.717, 1.165) is 11.1 Å². The van der Waals surface area contributed by atoms with E-state index in [4.69, 9.17) is 33.7 Å². The van der Waals surface area contributed by atoms with Gasteiger partial charge in [0, 0.05) is 45.3 Å². The van der Waals surface area contributed by atoms with Crippen LogP contribution in [0.4, 0.5) is 0 Å². The Hall–Kier alpha value is -2.15. The van der Waals surface area contributed by atoms with Gasteiger partial charge in [-0.1, -0.05) is 29.3 Å². The van der Waals surface area contributed by atoms with Crippen molar-refractivity contribution in [1.82, 2.24) is 15.3 Å². The number of nitrogens with two attached hydrogens (primary N) is 1. The predicted octanol–water partition coefficient (Wildman–Crippen LogP) is 2.83. The van der Waals surface area contributed by atoms with Gasteiger partial charge in [-0.15, -0.1) is 0 Å². The molecule has 2 rings (SSSR count). The second-order valence-electron chi connectivity index (χ2n) is 5.52. The molecule has 0 fully saturated rings. The molecule has 3 N–H and O–H groups in total. The van der Waals surface area contributed by atoms with E-state index in [0.29, 0.717) is 36.0 Å². The smallest absolute Gasteiger partial charge is 0.256 e. The molecular weight excluding hydrogens is 375 g/mol. The second kappa shape index (κ2) is 10.1. The highest BCUT2D eigenvalue weighted by Crippen LogP contribution is 2.23. The zero-order chi connectivity index (χ0) is 18.9. The van der Waals surface area contributed by atoms with Crippen LogP contribution in [0.15, 0.2) is 36.8 Å². The molecule has 1 aromatic heterocycles. The maximum absolute atomic E-state index is 12.2. The van der Waals surface area contributed by atoms with Crippen LogP contribution >= 0.6 is 23.2 Å². The summed E-state index contributed by atoms with van der Waals surface area (Å²) >= 11 is 11.9. The van der Waals surface area contributed by atoms with Gasteiger partial charge in [-0.2, -0.15) is 0 Å². The first-order chi connectivity index (χ1) is 12.5. The molecule has 2 aromatic rings. The van der Waals surface area contributed by atoms with E-state index in [2.05, 4.69) is 15.3 Å². The maximum Gasteiger partial charge on any atom is 0.256 e. The molecule has 8 heteroatoms. The number of carbonyl (C=O) groups is 1. The summed E-state index contributed by atoms with van der Waals surface area (Å²) < 4.78 is 4.94. The van der Waals surface area contributed by atoms with Crippen molar-refractivity contribution in [1.29, 1.82) is 0 Å². The number of amides is 1. The molecule has 1 heterocycles. The first-order valence-electron chi connectivity index (χ1n) is 7.99. The number of aromatic nitrogens is 2. The Kier molecular flexibility index (Phi) is 7.84. The average molecular weight is 395 g/mol. The van der Waals surface area contributed by atoms with Crippen LogP contribution in [0.3, 0.4) is 0 Å². The molecule has 0 aliphatic carbocycles. The number of halogens is 2. The number of hydrogen-bond donors (Lipinski definition) is 2. The molecule has 0 saturated heterocycles. The minimum Gasteiger partial charge on any atom is -0.404 e. The number of carbonyl (C=O) groups excluding carboxylic acids is 1. The van der Waals surface area contributed by atoms with Gasteiger partial charge in [-0.3, -0.25) is 4.79 Å². The van der Waals surface area contributed by atoms with Gasteiger partial charge in [0.1, 0.15) is 0 Å². The molecule has 0 aliphatic heterocycles. The number of benzene rings is 1. The van der Waals surface area contributed by atoms with Crippen molar-refractivity contribution in [2.75, 3.05) is 20.3 Å². The highest BCUT2D eigenvalue weighted by atomic mass is 35.5. The maximum atomic E-state index is 12.2. The molecule has 138 valence electrons. The van der Waals surface area contributed by atoms with Crippen LogP contribution in [0.2, 0.25) is 10.0 Å². The monoisotopic (exact) mass is 394 g/mol. The Balaban J connectivity index is 2.02. The molecule has 0 saturated carbocycles. The fourth-order valence-corrected chi connectivity index (χ4v) is 2.56. The molecule has 0 radical (unpaired) electrons. The summed E-state index contributed by atoms with van der Waals surface area (Å²) in [6.07, 6.45) is 5.84. The van der Waals surface area contributed by atoms with Crippen molar-refractivity contribution in [3.8, 4) is 0 Å². The lowest BCUT2D eigenvalue weighted by molar-refractivity contribution is -0.115. The zero-order valence-corrected chi connectivity index (χ0v) is 15.8. The largest absolute Gasteiger partial charge is 0.404 e. The minimum absolute atomic E-state index is 0.225. The molecule has 6 nitrogen and oxygen atoms in total. The third-order valence-corrected chi connectivity index (χ3v) is 4.30. The van der Waals surface area contributed by atoms with Crippen LogP contribution in [-0.2, 0) is 16.0 Å². The van der Waals surface area contributed by atoms with Gasteiger partial charge in [-0.05, 0) is 29.7 Å². The molecule has 0 aliphatic rings. The number of ether oxygens (including phenoxy) is 1. The summed E-state index contributed by atoms with van der Waals surface area (Å²) in [4.78, 5) is 20.7. The Bertz CT molecular complexity index is 779. The highest BCUT2D eigenvalue weighted by Gasteiger charge is 2.14. The Morgan fingerprint density at radius 3 is 2.58 bits per heavy atom. The van der Waals surface area contributed by atoms with Crippen LogP contribution in [0.1, 0.15) is 23.4 Å². The molecule has 1 aromatic carbocycles. The van der Waals surface area contributed by atoms with Gasteiger partial charge >= 0.3 is 0 Å². The Morgan fingerprint density at radius 1 is 1.23 bits per heavy atom. The first-order valence-corrected chi connectivity index (χ1v) is 8.75. The molecule has 0 spiro atoms. The van der Waals surface area contributed by atoms with E-state index in [9.17, 15) is 4.79 Å². The predicted molar refractivity (Wildman–Crippen MR) is 103 cm³/mol. The van der Waals surface area contributed by atoms with Crippen molar-refractivity contribution >= 4 is 34.7 Å². The Labute approximate surface area is 162 Å². The topological polar surface area (TPSA) is 90.1 Å². The van der Waals surface area contributed by atoms with Crippen molar-refractivity contribution in [2.24, 2.45) is 5.73 Å². The molecule has 0 bridgehead atoms. The van der Waals surface area contributed by atoms with Gasteiger partial charge in [0.15, 0.2) is 5.82 Å². The minimum atomic E-state index is -0.319. The summed E-state index contributed by atoms with van der Waals surface area (Å²) in [5.74, 6) is -0.0459. The zero-order valence-electron chi connectivity index (χ0n) is 14.3. The van der Waals surface area contributed by atoms with Crippen LogP contribution in [0.25, 0.3) is 5.57 Å². The van der Waals surface area contributed by atoms with Crippen LogP contribution in [-0.4, -0.2) is 36.1 Å². The van der Waals surface area contributed by atoms with Gasteiger partial charge in [0.05, 0.1) is 15.6 Å². The summed E-state index contributed by atoms with van der Waals surface area (Å²) in [6, 6.07) is 5.44. The summed E-state index contributed by atoms with van der Waals surface area (Å²) in [5, 5.41) is 3.77. The fraction of sp³-hybridized carbons (Fsp3) is 0.278. The van der Waals surface area contributed by atoms with E-state index in [1.54, 1.807) is 31.6 Å². The fourth-order valence-electron chi connectivity index (χ4n) is 2.24. The number of rotatable bonds is 8. The SMILES string of the molecule is COCCCNC(=O)/C(=C/N)c1ncc(Cc2ccc(Cl)c(Cl)c2)cn1. The number of methoxy groups -OCH3 is 1. The summed E-state index contributed by atoms with van der Waals surface area (Å²) in [6.45, 7) is 1.06. The lowest BCUT2D eigenvalue weighted by Crippen LogP contribution is -2.27. The van der Waals surface area contributed by atoms with E-state index in [1.165, 1.54) is 6.20 Å². The van der Waals surface area contributed by atoms with E-state index in [-0.39, 0.29) is 17.3 Å². The van der Waals surface area contributed by atoms with Gasteiger partial charge in [0.2, 0.25) is 0 Å². The van der Waals surface area contributed by atoms with Crippen LogP contribution in [0, 0.1) is 0 Å². The van der Waals surface area contributed by atoms with Crippen molar-refractivity contribution in [3.05, 3.63) is 63.8 Å². The summed E-state index contributed by atoms with van der Waals surface area (Å²) in [5.41, 5.74) is 7.67. The first kappa shape index (κ1) is 20.2. The number of hydrogen-bond acceptors (Lipinski definition) is 5. The molecule has 0 unspecified atom stereocenters. The average Bonchev–Trinajstić information content (AvgIpc) is 2.64. The van der Waals surface area contributed by atoms with Crippen molar-refractivity contribution in [3.63, 3.8) is 0 Å². The standard InChI is InChI=1S/C18H20Cl2N4O2/c1-26-6-2-5-22-18(25)14(9-21)17-23-10-13(11-24-17)7-12-3-4-15(19)16(20)8-12/h3-4,8-11H,2,5-7,21H2,1H3,(H,22,25)/b14-9+. The Morgan fingerprint density at radius 2 is 1.96 bits per heavy atom. The third kappa shape index (κ3) is 5.69. The van der Waals surface area contributed by atoms with Crippen LogP contribution in [0.5, 0.6) is 0 Å². The van der Waals surface area contributed by atoms with E-state index < -0.39 is 0 Å². The van der Waals surface area contributed by atoms with Crippen molar-refractivity contribution < 1.29 is 9.53 Å².